The molecule has 5 aliphatic rings. The van der Waals surface area contributed by atoms with E-state index < -0.39 is 5.97 Å². The molecule has 2 unspecified atom stereocenters. The van der Waals surface area contributed by atoms with Gasteiger partial charge in [-0.05, 0) is 129 Å². The molecule has 0 heterocycles. The minimum Gasteiger partial charge on any atom is -0.481 e. The highest BCUT2D eigenvalue weighted by atomic mass is 16.4. The lowest BCUT2D eigenvalue weighted by Gasteiger charge is -2.64. The predicted octanol–water partition coefficient (Wildman–Crippen LogP) is 6.49. The number of aliphatic hydroxyl groups is 1. The molecular weight excluding hydrogens is 424 g/mol. The van der Waals surface area contributed by atoms with Crippen molar-refractivity contribution < 1.29 is 19.8 Å². The monoisotopic (exact) mass is 472 g/mol. The summed E-state index contributed by atoms with van der Waals surface area (Å²) in [5.41, 5.74) is 0.617. The Labute approximate surface area is 206 Å². The number of ketones is 1. The topological polar surface area (TPSA) is 74.6 Å². The fraction of sp³-hybridized carbons (Fsp3) is 0.933. The summed E-state index contributed by atoms with van der Waals surface area (Å²) in [5.74, 6) is 4.78. The molecule has 0 bridgehead atoms. The number of hydrogen-bond donors (Lipinski definition) is 2. The van der Waals surface area contributed by atoms with E-state index in [9.17, 15) is 19.8 Å². The van der Waals surface area contributed by atoms with Crippen LogP contribution in [0.2, 0.25) is 0 Å². The van der Waals surface area contributed by atoms with Gasteiger partial charge in [-0.25, -0.2) is 0 Å². The fourth-order valence-corrected chi connectivity index (χ4v) is 11.0. The molecule has 5 saturated carbocycles. The summed E-state index contributed by atoms with van der Waals surface area (Å²) in [5, 5.41) is 20.1. The molecule has 0 aliphatic heterocycles. The number of carbonyl (C=O) groups excluding carboxylic acids is 1. The van der Waals surface area contributed by atoms with Crippen LogP contribution in [0.1, 0.15) is 111 Å². The highest BCUT2D eigenvalue weighted by molar-refractivity contribution is 5.79. The first-order valence-electron chi connectivity index (χ1n) is 14.6. The third-order valence-electron chi connectivity index (χ3n) is 12.5. The second kappa shape index (κ2) is 9.20. The first-order valence-corrected chi connectivity index (χ1v) is 14.6. The van der Waals surface area contributed by atoms with Crippen LogP contribution in [0.15, 0.2) is 0 Å². The van der Waals surface area contributed by atoms with Gasteiger partial charge in [-0.3, -0.25) is 9.59 Å². The number of rotatable bonds is 5. The van der Waals surface area contributed by atoms with Crippen LogP contribution in [0.25, 0.3) is 0 Å². The molecule has 5 aliphatic carbocycles. The van der Waals surface area contributed by atoms with Crippen LogP contribution in [0.4, 0.5) is 0 Å². The van der Waals surface area contributed by atoms with E-state index in [1.165, 1.54) is 44.9 Å². The molecule has 0 radical (unpaired) electrons. The summed E-state index contributed by atoms with van der Waals surface area (Å²) in [6.07, 6.45) is 14.2. The van der Waals surface area contributed by atoms with Gasteiger partial charge < -0.3 is 10.2 Å². The number of carbonyl (C=O) groups is 2. The van der Waals surface area contributed by atoms with Crippen molar-refractivity contribution >= 4 is 11.8 Å². The van der Waals surface area contributed by atoms with E-state index in [4.69, 9.17) is 0 Å². The minimum absolute atomic E-state index is 0.184. The Morgan fingerprint density at radius 2 is 1.82 bits per heavy atom. The number of fused-ring (bicyclic) bond motifs is 5. The Hall–Kier alpha value is -0.900. The second-order valence-corrected chi connectivity index (χ2v) is 13.8. The Bertz CT molecular complexity index is 793. The van der Waals surface area contributed by atoms with Gasteiger partial charge in [0.15, 0.2) is 0 Å². The van der Waals surface area contributed by atoms with Gasteiger partial charge >= 0.3 is 5.97 Å². The quantitative estimate of drug-likeness (QED) is 0.479. The van der Waals surface area contributed by atoms with Gasteiger partial charge in [-0.1, -0.05) is 20.8 Å². The van der Waals surface area contributed by atoms with E-state index in [1.807, 2.05) is 0 Å². The van der Waals surface area contributed by atoms with Gasteiger partial charge in [0.1, 0.15) is 5.78 Å². The molecule has 5 rings (SSSR count). The first kappa shape index (κ1) is 24.8. The molecule has 0 spiro atoms. The fourth-order valence-electron chi connectivity index (χ4n) is 11.0. The summed E-state index contributed by atoms with van der Waals surface area (Å²) in [6.45, 7) is 7.46. The highest BCUT2D eigenvalue weighted by Crippen LogP contribution is 2.70. The number of aliphatic carboxylic acids is 1. The highest BCUT2D eigenvalue weighted by Gasteiger charge is 2.63. The Balaban J connectivity index is 1.40. The molecule has 0 aromatic heterocycles. The lowest BCUT2D eigenvalue weighted by molar-refractivity contribution is -0.172. The van der Waals surface area contributed by atoms with Gasteiger partial charge in [-0.2, -0.15) is 0 Å². The number of carboxylic acid groups (broad SMARTS) is 1. The van der Waals surface area contributed by atoms with E-state index in [2.05, 4.69) is 20.8 Å². The standard InChI is InChI=1S/C30H48O4/c1-18(7-12-28(33)34)24-10-11-25-23-9-8-20-16-22(32)17-27(19-5-4-6-21(31)15-19)30(20,3)26(23)13-14-29(24,25)2/h18-20,22-27,32H,4-17H2,1-3H3,(H,33,34)/t18-,19?,20-,22+,23+,24-,25+,26+,27?,29-,30+/m1/s1. The molecule has 4 nitrogen and oxygen atoms in total. The van der Waals surface area contributed by atoms with Crippen molar-refractivity contribution in [1.82, 2.24) is 0 Å². The van der Waals surface area contributed by atoms with Gasteiger partial charge in [0.25, 0.3) is 0 Å². The van der Waals surface area contributed by atoms with Crippen molar-refractivity contribution in [2.24, 2.45) is 58.2 Å². The zero-order valence-corrected chi connectivity index (χ0v) is 21.8. The van der Waals surface area contributed by atoms with E-state index in [0.717, 1.165) is 56.3 Å². The molecule has 4 heteroatoms. The van der Waals surface area contributed by atoms with E-state index in [-0.39, 0.29) is 11.5 Å². The van der Waals surface area contributed by atoms with E-state index in [1.54, 1.807) is 0 Å². The summed E-state index contributed by atoms with van der Waals surface area (Å²) >= 11 is 0. The van der Waals surface area contributed by atoms with Crippen LogP contribution in [-0.2, 0) is 9.59 Å². The maximum atomic E-state index is 12.4. The number of Topliss-reactive ketones (excluding diaryl/α,β-unsaturated/α-hetero) is 1. The third kappa shape index (κ3) is 3.98. The molecule has 2 N–H and O–H groups in total. The van der Waals surface area contributed by atoms with Gasteiger partial charge in [0.05, 0.1) is 6.10 Å². The number of carboxylic acids is 1. The van der Waals surface area contributed by atoms with Crippen LogP contribution >= 0.6 is 0 Å². The Kier molecular flexibility index (Phi) is 6.70. The van der Waals surface area contributed by atoms with Gasteiger partial charge in [0, 0.05) is 19.3 Å². The zero-order chi connectivity index (χ0) is 24.3. The Morgan fingerprint density at radius 3 is 2.56 bits per heavy atom. The molecule has 0 saturated heterocycles. The largest absolute Gasteiger partial charge is 0.481 e. The van der Waals surface area contributed by atoms with Crippen molar-refractivity contribution in [2.45, 2.75) is 117 Å². The Morgan fingerprint density at radius 1 is 1.03 bits per heavy atom. The third-order valence-corrected chi connectivity index (χ3v) is 12.5. The predicted molar refractivity (Wildman–Crippen MR) is 133 cm³/mol. The van der Waals surface area contributed by atoms with Crippen molar-refractivity contribution in [3.05, 3.63) is 0 Å². The number of aliphatic hydroxyl groups excluding tert-OH is 1. The molecule has 0 aromatic carbocycles. The summed E-state index contributed by atoms with van der Waals surface area (Å²) in [4.78, 5) is 23.6. The van der Waals surface area contributed by atoms with Crippen molar-refractivity contribution in [3.8, 4) is 0 Å². The van der Waals surface area contributed by atoms with Crippen molar-refractivity contribution in [3.63, 3.8) is 0 Å². The first-order chi connectivity index (χ1) is 16.1. The SMILES string of the molecule is C[C@H](CCC(=O)O)[C@H]1CC[C@H]2[C@@H]3CC[C@@H]4C[C@H](O)CC(C5CCCC(=O)C5)[C@]4(C)[C@H]3CC[C@]12C. The molecule has 192 valence electrons. The molecule has 0 aromatic rings. The molecule has 5 fully saturated rings. The van der Waals surface area contributed by atoms with Gasteiger partial charge in [0.2, 0.25) is 0 Å². The lowest BCUT2D eigenvalue weighted by atomic mass is 9.40. The average Bonchev–Trinajstić information content (AvgIpc) is 3.14. The minimum atomic E-state index is -0.659. The maximum Gasteiger partial charge on any atom is 0.303 e. The lowest BCUT2D eigenvalue weighted by Crippen LogP contribution is -2.59. The normalized spacial score (nSPS) is 49.6. The van der Waals surface area contributed by atoms with Crippen LogP contribution in [0, 0.1) is 58.2 Å². The smallest absolute Gasteiger partial charge is 0.303 e. The second-order valence-electron chi connectivity index (χ2n) is 13.8. The van der Waals surface area contributed by atoms with E-state index >= 15 is 0 Å². The molecule has 0 amide bonds. The molecular formula is C30H48O4. The van der Waals surface area contributed by atoms with E-state index in [0.29, 0.717) is 47.2 Å². The summed E-state index contributed by atoms with van der Waals surface area (Å²) in [6, 6.07) is 0. The maximum absolute atomic E-state index is 12.4. The zero-order valence-electron chi connectivity index (χ0n) is 21.8. The van der Waals surface area contributed by atoms with Crippen LogP contribution in [0.5, 0.6) is 0 Å². The van der Waals surface area contributed by atoms with Crippen molar-refractivity contribution in [1.29, 1.82) is 0 Å². The summed E-state index contributed by atoms with van der Waals surface area (Å²) in [7, 11) is 0. The van der Waals surface area contributed by atoms with Crippen LogP contribution < -0.4 is 0 Å². The van der Waals surface area contributed by atoms with Crippen molar-refractivity contribution in [2.75, 3.05) is 0 Å². The average molecular weight is 473 g/mol. The molecule has 34 heavy (non-hydrogen) atoms. The van der Waals surface area contributed by atoms with Crippen LogP contribution in [0.3, 0.4) is 0 Å². The number of hydrogen-bond acceptors (Lipinski definition) is 3. The summed E-state index contributed by atoms with van der Waals surface area (Å²) < 4.78 is 0. The molecule has 11 atom stereocenters. The van der Waals surface area contributed by atoms with Gasteiger partial charge in [-0.15, -0.1) is 0 Å². The van der Waals surface area contributed by atoms with Crippen LogP contribution in [-0.4, -0.2) is 28.1 Å².